The van der Waals surface area contributed by atoms with E-state index in [1.54, 1.807) is 0 Å². The fourth-order valence-electron chi connectivity index (χ4n) is 2.54. The highest BCUT2D eigenvalue weighted by Crippen LogP contribution is 2.26. The van der Waals surface area contributed by atoms with Crippen molar-refractivity contribution in [2.45, 2.75) is 51.6 Å². The zero-order valence-electron chi connectivity index (χ0n) is 10.7. The van der Waals surface area contributed by atoms with Gasteiger partial charge in [0.2, 0.25) is 0 Å². The third-order valence-corrected chi connectivity index (χ3v) is 3.48. The molecule has 1 aromatic carbocycles. The van der Waals surface area contributed by atoms with Gasteiger partial charge in [0, 0.05) is 0 Å². The normalized spacial score (nSPS) is 17.1. The largest absolute Gasteiger partial charge is 0.490 e. The fourth-order valence-corrected chi connectivity index (χ4v) is 2.54. The van der Waals surface area contributed by atoms with Crippen molar-refractivity contribution in [3.63, 3.8) is 0 Å². The number of hydrogen-bond donors (Lipinski definition) is 1. The van der Waals surface area contributed by atoms with Crippen LogP contribution in [0, 0.1) is 6.92 Å². The summed E-state index contributed by atoms with van der Waals surface area (Å²) in [5.74, 6) is 1.05. The Balaban J connectivity index is 2.07. The number of hydrogen-bond acceptors (Lipinski definition) is 2. The molecule has 17 heavy (non-hydrogen) atoms. The predicted molar refractivity (Wildman–Crippen MR) is 71.4 cm³/mol. The van der Waals surface area contributed by atoms with Crippen LogP contribution < -0.4 is 10.5 Å². The van der Waals surface area contributed by atoms with Crippen LogP contribution in [0.5, 0.6) is 5.75 Å². The second-order valence-electron chi connectivity index (χ2n) is 5.03. The van der Waals surface area contributed by atoms with Crippen molar-refractivity contribution in [3.05, 3.63) is 29.3 Å². The van der Waals surface area contributed by atoms with Crippen molar-refractivity contribution in [1.82, 2.24) is 0 Å². The summed E-state index contributed by atoms with van der Waals surface area (Å²) in [6.07, 6.45) is 7.72. The Hall–Kier alpha value is -1.02. The Morgan fingerprint density at radius 2 is 2.00 bits per heavy atom. The van der Waals surface area contributed by atoms with Crippen LogP contribution in [0.1, 0.15) is 43.2 Å². The smallest absolute Gasteiger partial charge is 0.122 e. The first-order valence-corrected chi connectivity index (χ1v) is 6.76. The molecule has 0 heterocycles. The van der Waals surface area contributed by atoms with Crippen LogP contribution >= 0.6 is 0 Å². The highest BCUT2D eigenvalue weighted by Gasteiger charge is 2.16. The average molecular weight is 233 g/mol. The summed E-state index contributed by atoms with van der Waals surface area (Å²) in [5, 5.41) is 0. The van der Waals surface area contributed by atoms with Crippen LogP contribution in [0.15, 0.2) is 18.2 Å². The second-order valence-corrected chi connectivity index (χ2v) is 5.03. The van der Waals surface area contributed by atoms with Gasteiger partial charge in [-0.15, -0.1) is 0 Å². The molecule has 0 radical (unpaired) electrons. The molecule has 2 heteroatoms. The molecule has 0 aromatic heterocycles. The molecule has 0 bridgehead atoms. The van der Waals surface area contributed by atoms with E-state index in [1.165, 1.54) is 43.2 Å². The van der Waals surface area contributed by atoms with Crippen molar-refractivity contribution in [1.29, 1.82) is 0 Å². The monoisotopic (exact) mass is 233 g/mol. The lowest BCUT2D eigenvalue weighted by molar-refractivity contribution is 0.153. The molecule has 1 fully saturated rings. The summed E-state index contributed by atoms with van der Waals surface area (Å²) in [7, 11) is 0. The van der Waals surface area contributed by atoms with E-state index < -0.39 is 0 Å². The van der Waals surface area contributed by atoms with Crippen LogP contribution in [0.4, 0.5) is 0 Å². The first-order valence-electron chi connectivity index (χ1n) is 6.76. The number of benzene rings is 1. The van der Waals surface area contributed by atoms with Gasteiger partial charge >= 0.3 is 0 Å². The summed E-state index contributed by atoms with van der Waals surface area (Å²) in [4.78, 5) is 0. The average Bonchev–Trinajstić information content (AvgIpc) is 2.34. The number of ether oxygens (including phenoxy) is 1. The summed E-state index contributed by atoms with van der Waals surface area (Å²) < 4.78 is 6.14. The van der Waals surface area contributed by atoms with E-state index in [0.717, 1.165) is 12.2 Å². The standard InChI is InChI=1S/C15H23NO/c1-12-7-8-15(13(11-12)9-10-16)17-14-5-3-2-4-6-14/h7-8,11,14H,2-6,9-10,16H2,1H3. The van der Waals surface area contributed by atoms with E-state index in [9.17, 15) is 0 Å². The Bertz CT molecular complexity index is 356. The summed E-state index contributed by atoms with van der Waals surface area (Å²) in [6, 6.07) is 6.43. The molecular formula is C15H23NO. The third-order valence-electron chi connectivity index (χ3n) is 3.48. The van der Waals surface area contributed by atoms with E-state index >= 15 is 0 Å². The van der Waals surface area contributed by atoms with Gasteiger partial charge in [-0.05, 0) is 57.2 Å². The van der Waals surface area contributed by atoms with Gasteiger partial charge in [-0.1, -0.05) is 24.1 Å². The summed E-state index contributed by atoms with van der Waals surface area (Å²) in [5.41, 5.74) is 8.20. The molecule has 2 nitrogen and oxygen atoms in total. The van der Waals surface area contributed by atoms with Crippen molar-refractivity contribution in [2.75, 3.05) is 6.54 Å². The molecule has 0 unspecified atom stereocenters. The van der Waals surface area contributed by atoms with Crippen LogP contribution in [0.3, 0.4) is 0 Å². The van der Waals surface area contributed by atoms with Crippen LogP contribution in [-0.2, 0) is 6.42 Å². The third kappa shape index (κ3) is 3.47. The quantitative estimate of drug-likeness (QED) is 0.866. The molecule has 94 valence electrons. The van der Waals surface area contributed by atoms with Gasteiger partial charge in [0.1, 0.15) is 5.75 Å². The molecule has 0 saturated heterocycles. The molecule has 0 atom stereocenters. The Labute approximate surface area is 104 Å². The van der Waals surface area contributed by atoms with Crippen molar-refractivity contribution >= 4 is 0 Å². The van der Waals surface area contributed by atoms with Crippen molar-refractivity contribution in [3.8, 4) is 5.75 Å². The minimum Gasteiger partial charge on any atom is -0.490 e. The van der Waals surface area contributed by atoms with E-state index in [-0.39, 0.29) is 0 Å². The Morgan fingerprint density at radius 3 is 2.71 bits per heavy atom. The zero-order chi connectivity index (χ0) is 12.1. The van der Waals surface area contributed by atoms with E-state index in [1.807, 2.05) is 0 Å². The summed E-state index contributed by atoms with van der Waals surface area (Å²) in [6.45, 7) is 2.80. The molecule has 2 rings (SSSR count). The van der Waals surface area contributed by atoms with Crippen LogP contribution in [0.2, 0.25) is 0 Å². The van der Waals surface area contributed by atoms with Crippen LogP contribution in [0.25, 0.3) is 0 Å². The van der Waals surface area contributed by atoms with E-state index in [2.05, 4.69) is 25.1 Å². The van der Waals surface area contributed by atoms with Gasteiger partial charge in [0.25, 0.3) is 0 Å². The topological polar surface area (TPSA) is 35.2 Å². The Morgan fingerprint density at radius 1 is 1.24 bits per heavy atom. The Kier molecular flexibility index (Phi) is 4.43. The fraction of sp³-hybridized carbons (Fsp3) is 0.600. The van der Waals surface area contributed by atoms with Crippen molar-refractivity contribution < 1.29 is 4.74 Å². The highest BCUT2D eigenvalue weighted by molar-refractivity contribution is 5.37. The van der Waals surface area contributed by atoms with E-state index in [4.69, 9.17) is 10.5 Å². The van der Waals surface area contributed by atoms with Gasteiger partial charge in [-0.25, -0.2) is 0 Å². The maximum atomic E-state index is 6.14. The maximum absolute atomic E-state index is 6.14. The molecular weight excluding hydrogens is 210 g/mol. The van der Waals surface area contributed by atoms with Gasteiger partial charge < -0.3 is 10.5 Å². The van der Waals surface area contributed by atoms with Gasteiger partial charge in [-0.2, -0.15) is 0 Å². The number of rotatable bonds is 4. The molecule has 2 N–H and O–H groups in total. The second kappa shape index (κ2) is 6.06. The first kappa shape index (κ1) is 12.4. The molecule has 0 spiro atoms. The lowest BCUT2D eigenvalue weighted by Crippen LogP contribution is -2.20. The molecule has 1 aliphatic carbocycles. The van der Waals surface area contributed by atoms with Gasteiger partial charge in [-0.3, -0.25) is 0 Å². The van der Waals surface area contributed by atoms with Crippen molar-refractivity contribution in [2.24, 2.45) is 5.73 Å². The van der Waals surface area contributed by atoms with Gasteiger partial charge in [0.05, 0.1) is 6.10 Å². The van der Waals surface area contributed by atoms with Crippen LogP contribution in [-0.4, -0.2) is 12.6 Å². The molecule has 1 saturated carbocycles. The highest BCUT2D eigenvalue weighted by atomic mass is 16.5. The molecule has 1 aliphatic rings. The number of aryl methyl sites for hydroxylation is 1. The maximum Gasteiger partial charge on any atom is 0.122 e. The predicted octanol–water partition coefficient (Wildman–Crippen LogP) is 3.21. The SMILES string of the molecule is Cc1ccc(OC2CCCCC2)c(CCN)c1. The lowest BCUT2D eigenvalue weighted by Gasteiger charge is -2.24. The summed E-state index contributed by atoms with van der Waals surface area (Å²) >= 11 is 0. The minimum absolute atomic E-state index is 0.419. The van der Waals surface area contributed by atoms with E-state index in [0.29, 0.717) is 12.6 Å². The zero-order valence-corrected chi connectivity index (χ0v) is 10.7. The molecule has 0 aliphatic heterocycles. The molecule has 0 amide bonds. The molecule has 1 aromatic rings. The lowest BCUT2D eigenvalue weighted by atomic mass is 9.97. The first-order chi connectivity index (χ1) is 8.29. The van der Waals surface area contributed by atoms with Gasteiger partial charge in [0.15, 0.2) is 0 Å². The minimum atomic E-state index is 0.419. The number of nitrogens with two attached hydrogens (primary N) is 1.